The lowest BCUT2D eigenvalue weighted by Gasteiger charge is -2.19. The summed E-state index contributed by atoms with van der Waals surface area (Å²) < 4.78 is 0. The van der Waals surface area contributed by atoms with Crippen LogP contribution in [0.4, 0.5) is 0 Å². The molecule has 1 nitrogen and oxygen atoms in total. The molecule has 0 spiro atoms. The fraction of sp³-hybridized carbons (Fsp3) is 0.733. The van der Waals surface area contributed by atoms with Crippen molar-refractivity contribution >= 4 is 11.3 Å². The molecule has 0 saturated carbocycles. The van der Waals surface area contributed by atoms with Crippen molar-refractivity contribution in [3.05, 3.63) is 21.4 Å². The summed E-state index contributed by atoms with van der Waals surface area (Å²) in [5.41, 5.74) is 8.02. The maximum absolute atomic E-state index is 6.42. The molecular weight excluding hydrogens is 226 g/mol. The fourth-order valence-electron chi connectivity index (χ4n) is 2.88. The Hall–Kier alpha value is -0.340. The Bertz CT molecular complexity index is 328. The Morgan fingerprint density at radius 1 is 1.18 bits per heavy atom. The molecule has 0 aromatic carbocycles. The van der Waals surface area contributed by atoms with Gasteiger partial charge in [0.15, 0.2) is 0 Å². The highest BCUT2D eigenvalue weighted by molar-refractivity contribution is 7.12. The van der Waals surface area contributed by atoms with Gasteiger partial charge in [-0.15, -0.1) is 11.3 Å². The molecule has 0 aliphatic heterocycles. The van der Waals surface area contributed by atoms with Gasteiger partial charge in [0.05, 0.1) is 0 Å². The number of thiophene rings is 1. The summed E-state index contributed by atoms with van der Waals surface area (Å²) in [6.45, 7) is 4.51. The van der Waals surface area contributed by atoms with E-state index in [-0.39, 0.29) is 6.04 Å². The second-order valence-corrected chi connectivity index (χ2v) is 6.43. The molecule has 0 radical (unpaired) electrons. The fourth-order valence-corrected chi connectivity index (χ4v) is 4.24. The predicted molar refractivity (Wildman–Crippen MR) is 76.6 cm³/mol. The molecule has 0 bridgehead atoms. The van der Waals surface area contributed by atoms with E-state index < -0.39 is 0 Å². The molecule has 2 rings (SSSR count). The van der Waals surface area contributed by atoms with Crippen LogP contribution in [0, 0.1) is 5.92 Å². The number of fused-ring (bicyclic) bond motifs is 1. The van der Waals surface area contributed by atoms with E-state index in [1.165, 1.54) is 49.8 Å². The van der Waals surface area contributed by atoms with E-state index in [0.29, 0.717) is 5.92 Å². The maximum atomic E-state index is 6.42. The lowest BCUT2D eigenvalue weighted by Crippen LogP contribution is -2.19. The van der Waals surface area contributed by atoms with E-state index in [9.17, 15) is 0 Å². The zero-order valence-corrected chi connectivity index (χ0v) is 12.0. The van der Waals surface area contributed by atoms with Gasteiger partial charge in [0.25, 0.3) is 0 Å². The van der Waals surface area contributed by atoms with E-state index >= 15 is 0 Å². The van der Waals surface area contributed by atoms with Gasteiger partial charge in [0.2, 0.25) is 0 Å². The van der Waals surface area contributed by atoms with Crippen molar-refractivity contribution in [1.82, 2.24) is 0 Å². The molecule has 1 aliphatic rings. The van der Waals surface area contributed by atoms with Gasteiger partial charge in [-0.1, -0.05) is 33.1 Å². The molecule has 1 atom stereocenters. The second-order valence-electron chi connectivity index (χ2n) is 5.26. The Balaban J connectivity index is 2.16. The first-order chi connectivity index (χ1) is 8.26. The summed E-state index contributed by atoms with van der Waals surface area (Å²) in [4.78, 5) is 3.06. The first-order valence-corrected chi connectivity index (χ1v) is 7.95. The van der Waals surface area contributed by atoms with E-state index in [1.54, 1.807) is 10.4 Å². The maximum Gasteiger partial charge on any atom is 0.0418 e. The molecule has 96 valence electrons. The molecule has 2 N–H and O–H groups in total. The molecule has 1 aromatic heterocycles. The van der Waals surface area contributed by atoms with Gasteiger partial charge in [-0.25, -0.2) is 0 Å². The van der Waals surface area contributed by atoms with Gasteiger partial charge >= 0.3 is 0 Å². The van der Waals surface area contributed by atoms with Crippen LogP contribution < -0.4 is 5.73 Å². The molecule has 1 aromatic rings. The SMILES string of the molecule is CCC(CC)C(N)c1cc2c(s1)CCCCC2. The molecule has 2 heteroatoms. The zero-order chi connectivity index (χ0) is 12.3. The van der Waals surface area contributed by atoms with Crippen LogP contribution in [-0.2, 0) is 12.8 Å². The zero-order valence-electron chi connectivity index (χ0n) is 11.2. The lowest BCUT2D eigenvalue weighted by molar-refractivity contribution is 0.410. The first kappa shape index (κ1) is 13.1. The molecule has 1 unspecified atom stereocenters. The standard InChI is InChI=1S/C15H25NS/c1-3-11(4-2)15(16)14-10-12-8-6-5-7-9-13(12)17-14/h10-11,15H,3-9,16H2,1-2H3. The summed E-state index contributed by atoms with van der Waals surface area (Å²) in [7, 11) is 0. The third-order valence-corrected chi connectivity index (χ3v) is 5.49. The van der Waals surface area contributed by atoms with Crippen molar-refractivity contribution in [2.24, 2.45) is 11.7 Å². The van der Waals surface area contributed by atoms with Crippen LogP contribution in [0.1, 0.15) is 67.3 Å². The molecule has 17 heavy (non-hydrogen) atoms. The topological polar surface area (TPSA) is 26.0 Å². The quantitative estimate of drug-likeness (QED) is 0.786. The minimum Gasteiger partial charge on any atom is -0.323 e. The number of hydrogen-bond acceptors (Lipinski definition) is 2. The van der Waals surface area contributed by atoms with E-state index in [4.69, 9.17) is 5.73 Å². The monoisotopic (exact) mass is 251 g/mol. The number of rotatable bonds is 4. The molecule has 1 aliphatic carbocycles. The summed E-state index contributed by atoms with van der Waals surface area (Å²) in [5.74, 6) is 0.650. The average Bonchev–Trinajstić information content (AvgIpc) is 2.62. The summed E-state index contributed by atoms with van der Waals surface area (Å²) in [5, 5.41) is 0. The third-order valence-electron chi connectivity index (χ3n) is 4.15. The van der Waals surface area contributed by atoms with E-state index in [2.05, 4.69) is 19.9 Å². The lowest BCUT2D eigenvalue weighted by atomic mass is 9.93. The Labute approximate surface area is 109 Å². The highest BCUT2D eigenvalue weighted by atomic mass is 32.1. The van der Waals surface area contributed by atoms with Crippen LogP contribution in [0.15, 0.2) is 6.07 Å². The van der Waals surface area contributed by atoms with Crippen LogP contribution >= 0.6 is 11.3 Å². The number of hydrogen-bond donors (Lipinski definition) is 1. The summed E-state index contributed by atoms with van der Waals surface area (Å²) >= 11 is 1.99. The largest absolute Gasteiger partial charge is 0.323 e. The van der Waals surface area contributed by atoms with Crippen molar-refractivity contribution in [2.45, 2.75) is 64.8 Å². The van der Waals surface area contributed by atoms with Gasteiger partial charge < -0.3 is 5.73 Å². The first-order valence-electron chi connectivity index (χ1n) is 7.13. The van der Waals surface area contributed by atoms with Gasteiger partial charge in [-0.3, -0.25) is 0 Å². The van der Waals surface area contributed by atoms with Crippen molar-refractivity contribution in [3.63, 3.8) is 0 Å². The van der Waals surface area contributed by atoms with Crippen molar-refractivity contribution in [3.8, 4) is 0 Å². The van der Waals surface area contributed by atoms with Gasteiger partial charge in [0.1, 0.15) is 0 Å². The van der Waals surface area contributed by atoms with E-state index in [1.807, 2.05) is 11.3 Å². The Kier molecular flexibility index (Phi) is 4.63. The number of nitrogens with two attached hydrogens (primary N) is 1. The second kappa shape index (κ2) is 6.01. The number of aryl methyl sites for hydroxylation is 2. The van der Waals surface area contributed by atoms with Crippen molar-refractivity contribution in [2.75, 3.05) is 0 Å². The highest BCUT2D eigenvalue weighted by Crippen LogP contribution is 2.35. The predicted octanol–water partition coefficient (Wildman–Crippen LogP) is 4.45. The van der Waals surface area contributed by atoms with Gasteiger partial charge in [-0.2, -0.15) is 0 Å². The Morgan fingerprint density at radius 2 is 1.88 bits per heavy atom. The molecule has 1 heterocycles. The summed E-state index contributed by atoms with van der Waals surface area (Å²) in [6, 6.07) is 2.68. The average molecular weight is 251 g/mol. The molecule has 0 fully saturated rings. The third kappa shape index (κ3) is 2.92. The normalized spacial score (nSPS) is 17.9. The Morgan fingerprint density at radius 3 is 2.59 bits per heavy atom. The minimum absolute atomic E-state index is 0.266. The van der Waals surface area contributed by atoms with Crippen LogP contribution in [-0.4, -0.2) is 0 Å². The van der Waals surface area contributed by atoms with E-state index in [0.717, 1.165) is 0 Å². The summed E-state index contributed by atoms with van der Waals surface area (Å²) in [6.07, 6.45) is 9.09. The smallest absolute Gasteiger partial charge is 0.0418 e. The van der Waals surface area contributed by atoms with Crippen LogP contribution in [0.3, 0.4) is 0 Å². The minimum atomic E-state index is 0.266. The van der Waals surface area contributed by atoms with Gasteiger partial charge in [-0.05, 0) is 43.2 Å². The van der Waals surface area contributed by atoms with Crippen molar-refractivity contribution in [1.29, 1.82) is 0 Å². The molecular formula is C15H25NS. The molecule has 0 saturated heterocycles. The molecule has 0 amide bonds. The van der Waals surface area contributed by atoms with Gasteiger partial charge in [0, 0.05) is 15.8 Å². The van der Waals surface area contributed by atoms with Crippen LogP contribution in [0.5, 0.6) is 0 Å². The van der Waals surface area contributed by atoms with Crippen LogP contribution in [0.2, 0.25) is 0 Å². The van der Waals surface area contributed by atoms with Crippen molar-refractivity contribution < 1.29 is 0 Å². The highest BCUT2D eigenvalue weighted by Gasteiger charge is 2.20. The van der Waals surface area contributed by atoms with Crippen LogP contribution in [0.25, 0.3) is 0 Å².